The van der Waals surface area contributed by atoms with Crippen LogP contribution in [0.2, 0.25) is 0 Å². The molecule has 0 saturated carbocycles. The molecule has 3 nitrogen and oxygen atoms in total. The first kappa shape index (κ1) is 14.4. The zero-order chi connectivity index (χ0) is 13.5. The lowest BCUT2D eigenvalue weighted by Gasteiger charge is -2.33. The number of hydrogen-bond acceptors (Lipinski definition) is 3. The highest BCUT2D eigenvalue weighted by atomic mass is 19.3. The van der Waals surface area contributed by atoms with Gasteiger partial charge in [0.25, 0.3) is 6.43 Å². The van der Waals surface area contributed by atoms with Crippen LogP contribution >= 0.6 is 0 Å². The molecule has 1 fully saturated rings. The van der Waals surface area contributed by atoms with E-state index in [1.165, 1.54) is 5.56 Å². The van der Waals surface area contributed by atoms with Crippen LogP contribution in [-0.4, -0.2) is 50.7 Å². The Morgan fingerprint density at radius 1 is 1.32 bits per heavy atom. The molecule has 19 heavy (non-hydrogen) atoms. The van der Waals surface area contributed by atoms with Gasteiger partial charge in [0.1, 0.15) is 6.61 Å². The molecular formula is C14H20F2N2O. The quantitative estimate of drug-likeness (QED) is 0.799. The fourth-order valence-electron chi connectivity index (χ4n) is 2.29. The topological polar surface area (TPSA) is 24.5 Å². The van der Waals surface area contributed by atoms with E-state index in [1.54, 1.807) is 0 Å². The number of hydrogen-bond donors (Lipinski definition) is 1. The average Bonchev–Trinajstić information content (AvgIpc) is 2.45. The van der Waals surface area contributed by atoms with Crippen molar-refractivity contribution < 1.29 is 13.5 Å². The zero-order valence-electron chi connectivity index (χ0n) is 10.9. The summed E-state index contributed by atoms with van der Waals surface area (Å²) in [6, 6.07) is 10.6. The minimum atomic E-state index is -2.37. The van der Waals surface area contributed by atoms with E-state index in [1.807, 2.05) is 18.2 Å². The predicted octanol–water partition coefficient (Wildman–Crippen LogP) is 1.91. The highest BCUT2D eigenvalue weighted by Crippen LogP contribution is 2.16. The van der Waals surface area contributed by atoms with E-state index >= 15 is 0 Å². The van der Waals surface area contributed by atoms with Gasteiger partial charge in [-0.1, -0.05) is 30.3 Å². The van der Waals surface area contributed by atoms with E-state index in [2.05, 4.69) is 22.3 Å². The standard InChI is InChI=1S/C14H20F2N2O/c15-14(16)11-19-9-8-18-7-6-17-13(10-18)12-4-2-1-3-5-12/h1-5,13-14,17H,6-11H2. The molecule has 1 aromatic carbocycles. The second-order valence-electron chi connectivity index (χ2n) is 4.68. The molecule has 1 N–H and O–H groups in total. The van der Waals surface area contributed by atoms with Crippen LogP contribution in [0.1, 0.15) is 11.6 Å². The molecule has 0 aliphatic carbocycles. The van der Waals surface area contributed by atoms with Crippen LogP contribution in [0.25, 0.3) is 0 Å². The van der Waals surface area contributed by atoms with Crippen LogP contribution in [0.4, 0.5) is 8.78 Å². The fraction of sp³-hybridized carbons (Fsp3) is 0.571. The molecule has 0 amide bonds. The van der Waals surface area contributed by atoms with Gasteiger partial charge in [-0.3, -0.25) is 4.90 Å². The third-order valence-electron chi connectivity index (χ3n) is 3.26. The van der Waals surface area contributed by atoms with Crippen molar-refractivity contribution in [3.05, 3.63) is 35.9 Å². The first-order valence-electron chi connectivity index (χ1n) is 6.62. The molecular weight excluding hydrogens is 250 g/mol. The van der Waals surface area contributed by atoms with Crippen molar-refractivity contribution in [1.29, 1.82) is 0 Å². The Morgan fingerprint density at radius 2 is 2.11 bits per heavy atom. The van der Waals surface area contributed by atoms with Crippen molar-refractivity contribution in [2.75, 3.05) is 39.4 Å². The summed E-state index contributed by atoms with van der Waals surface area (Å²) in [5, 5.41) is 3.47. The molecule has 1 saturated heterocycles. The van der Waals surface area contributed by atoms with E-state index in [4.69, 9.17) is 4.74 Å². The Hall–Kier alpha value is -1.04. The number of rotatable bonds is 6. The van der Waals surface area contributed by atoms with Crippen molar-refractivity contribution in [1.82, 2.24) is 10.2 Å². The Morgan fingerprint density at radius 3 is 2.84 bits per heavy atom. The van der Waals surface area contributed by atoms with Gasteiger partial charge in [0, 0.05) is 32.2 Å². The summed E-state index contributed by atoms with van der Waals surface area (Å²) >= 11 is 0. The van der Waals surface area contributed by atoms with Gasteiger partial charge in [0.05, 0.1) is 6.61 Å². The number of nitrogens with zero attached hydrogens (tertiary/aromatic N) is 1. The molecule has 0 radical (unpaired) electrons. The highest BCUT2D eigenvalue weighted by Gasteiger charge is 2.20. The first-order valence-corrected chi connectivity index (χ1v) is 6.62. The zero-order valence-corrected chi connectivity index (χ0v) is 10.9. The maximum absolute atomic E-state index is 11.9. The summed E-state index contributed by atoms with van der Waals surface area (Å²) in [5.41, 5.74) is 1.26. The van der Waals surface area contributed by atoms with E-state index in [0.717, 1.165) is 19.6 Å². The number of alkyl halides is 2. The third kappa shape index (κ3) is 4.86. The lowest BCUT2D eigenvalue weighted by molar-refractivity contribution is 0.00750. The van der Waals surface area contributed by atoms with Crippen molar-refractivity contribution in [2.24, 2.45) is 0 Å². The Labute approximate surface area is 112 Å². The Balaban J connectivity index is 1.75. The van der Waals surface area contributed by atoms with Gasteiger partial charge in [-0.25, -0.2) is 8.78 Å². The maximum Gasteiger partial charge on any atom is 0.261 e. The molecule has 5 heteroatoms. The summed E-state index contributed by atoms with van der Waals surface area (Å²) in [7, 11) is 0. The van der Waals surface area contributed by atoms with Gasteiger partial charge < -0.3 is 10.1 Å². The van der Waals surface area contributed by atoms with Gasteiger partial charge in [0.2, 0.25) is 0 Å². The SMILES string of the molecule is FC(F)COCCN1CCNC(c2ccccc2)C1. The molecule has 1 heterocycles. The molecule has 106 valence electrons. The monoisotopic (exact) mass is 270 g/mol. The molecule has 1 aliphatic rings. The van der Waals surface area contributed by atoms with Crippen LogP contribution in [0.3, 0.4) is 0 Å². The van der Waals surface area contributed by atoms with Crippen LogP contribution in [-0.2, 0) is 4.74 Å². The van der Waals surface area contributed by atoms with Crippen molar-refractivity contribution in [3.8, 4) is 0 Å². The molecule has 1 atom stereocenters. The summed E-state index contributed by atoms with van der Waals surface area (Å²) in [5.74, 6) is 0. The lowest BCUT2D eigenvalue weighted by Crippen LogP contribution is -2.46. The van der Waals surface area contributed by atoms with Gasteiger partial charge in [-0.2, -0.15) is 0 Å². The minimum Gasteiger partial charge on any atom is -0.374 e. The summed E-state index contributed by atoms with van der Waals surface area (Å²) < 4.78 is 28.8. The van der Waals surface area contributed by atoms with E-state index in [-0.39, 0.29) is 0 Å². The molecule has 1 unspecified atom stereocenters. The van der Waals surface area contributed by atoms with Crippen LogP contribution < -0.4 is 5.32 Å². The number of benzene rings is 1. The normalized spacial score (nSPS) is 20.9. The molecule has 2 rings (SSSR count). The first-order chi connectivity index (χ1) is 9.25. The number of piperazine rings is 1. The molecule has 0 aromatic heterocycles. The van der Waals surface area contributed by atoms with Crippen LogP contribution in [0, 0.1) is 0 Å². The van der Waals surface area contributed by atoms with Gasteiger partial charge in [-0.15, -0.1) is 0 Å². The van der Waals surface area contributed by atoms with Gasteiger partial charge >= 0.3 is 0 Å². The fourth-order valence-corrected chi connectivity index (χ4v) is 2.29. The van der Waals surface area contributed by atoms with Gasteiger partial charge in [0.15, 0.2) is 0 Å². The maximum atomic E-state index is 11.9. The molecule has 0 spiro atoms. The Kier molecular flexibility index (Phi) is 5.69. The van der Waals surface area contributed by atoms with Crippen LogP contribution in [0.5, 0.6) is 0 Å². The minimum absolute atomic E-state index is 0.310. The van der Waals surface area contributed by atoms with E-state index in [0.29, 0.717) is 19.2 Å². The molecule has 1 aliphatic heterocycles. The highest BCUT2D eigenvalue weighted by molar-refractivity contribution is 5.19. The summed E-state index contributed by atoms with van der Waals surface area (Å²) in [4.78, 5) is 2.25. The lowest BCUT2D eigenvalue weighted by atomic mass is 10.0. The largest absolute Gasteiger partial charge is 0.374 e. The summed E-state index contributed by atoms with van der Waals surface area (Å²) in [6.07, 6.45) is -2.37. The van der Waals surface area contributed by atoms with Crippen molar-refractivity contribution in [3.63, 3.8) is 0 Å². The van der Waals surface area contributed by atoms with Crippen molar-refractivity contribution in [2.45, 2.75) is 12.5 Å². The predicted molar refractivity (Wildman–Crippen MR) is 70.4 cm³/mol. The van der Waals surface area contributed by atoms with E-state index < -0.39 is 13.0 Å². The van der Waals surface area contributed by atoms with E-state index in [9.17, 15) is 8.78 Å². The third-order valence-corrected chi connectivity index (χ3v) is 3.26. The average molecular weight is 270 g/mol. The second-order valence-corrected chi connectivity index (χ2v) is 4.68. The van der Waals surface area contributed by atoms with Gasteiger partial charge in [-0.05, 0) is 5.56 Å². The molecule has 1 aromatic rings. The second kappa shape index (κ2) is 7.53. The smallest absolute Gasteiger partial charge is 0.261 e. The van der Waals surface area contributed by atoms with Crippen LogP contribution in [0.15, 0.2) is 30.3 Å². The molecule has 0 bridgehead atoms. The Bertz CT molecular complexity index is 362. The number of halogens is 2. The number of nitrogens with one attached hydrogen (secondary N) is 1. The number of ether oxygens (including phenoxy) is 1. The summed E-state index contributed by atoms with van der Waals surface area (Å²) in [6.45, 7) is 3.34. The van der Waals surface area contributed by atoms with Crippen molar-refractivity contribution >= 4 is 0 Å².